The number of benzene rings is 3. The molecule has 1 aromatic heterocycles. The molecule has 1 spiro atoms. The molecular weight excluding hydrogens is 899 g/mol. The minimum Gasteiger partial charge on any atom is -0.494 e. The predicted octanol–water partition coefficient (Wildman–Crippen LogP) is 10.2. The minimum absolute atomic E-state index is 0.00253. The molecule has 1 unspecified atom stereocenters. The third-order valence-electron chi connectivity index (χ3n) is 14.3. The summed E-state index contributed by atoms with van der Waals surface area (Å²) in [6, 6.07) is 22.5. The average molecular weight is 961 g/mol. The van der Waals surface area contributed by atoms with Crippen LogP contribution in [0.2, 0.25) is 5.02 Å². The second kappa shape index (κ2) is 21.8. The van der Waals surface area contributed by atoms with Crippen molar-refractivity contribution in [1.29, 1.82) is 0 Å². The summed E-state index contributed by atoms with van der Waals surface area (Å²) in [5, 5.41) is 3.09. The molecule has 68 heavy (non-hydrogen) atoms. The fourth-order valence-electron chi connectivity index (χ4n) is 11.0. The number of esters is 2. The molecule has 1 saturated carbocycles. The van der Waals surface area contributed by atoms with E-state index in [-0.39, 0.29) is 73.6 Å². The van der Waals surface area contributed by atoms with Gasteiger partial charge in [0.25, 0.3) is 0 Å². The molecule has 3 aliphatic carbocycles. The van der Waals surface area contributed by atoms with Crippen molar-refractivity contribution >= 4 is 41.0 Å². The number of ether oxygens (including phenoxy) is 4. The molecule has 0 radical (unpaired) electrons. The lowest BCUT2D eigenvalue weighted by Crippen LogP contribution is -2.63. The van der Waals surface area contributed by atoms with E-state index in [2.05, 4.69) is 24.1 Å². The Balaban J connectivity index is 1.12. The summed E-state index contributed by atoms with van der Waals surface area (Å²) in [4.78, 5) is 58.0. The fraction of sp³-hybridized carbons (Fsp3) is 0.491. The first-order valence-corrected chi connectivity index (χ1v) is 24.0. The number of pyridine rings is 1. The van der Waals surface area contributed by atoms with Gasteiger partial charge >= 0.3 is 24.0 Å². The number of nitrogens with one attached hydrogen (secondary N) is 1. The van der Waals surface area contributed by atoms with E-state index >= 15 is 0 Å². The Bertz CT molecular complexity index is 2430. The van der Waals surface area contributed by atoms with Crippen molar-refractivity contribution in [1.82, 2.24) is 10.3 Å². The van der Waals surface area contributed by atoms with Gasteiger partial charge in [0.2, 0.25) is 5.91 Å². The topological polar surface area (TPSA) is 133 Å². The van der Waals surface area contributed by atoms with Crippen LogP contribution in [0.25, 0.3) is 0 Å². The van der Waals surface area contributed by atoms with Crippen LogP contribution in [-0.4, -0.2) is 73.9 Å². The third kappa shape index (κ3) is 11.3. The quantitative estimate of drug-likeness (QED) is 0.0764. The monoisotopic (exact) mass is 959 g/mol. The van der Waals surface area contributed by atoms with Crippen LogP contribution in [0.15, 0.2) is 85.1 Å². The number of halogens is 4. The van der Waals surface area contributed by atoms with Crippen molar-refractivity contribution in [3.05, 3.63) is 118 Å². The summed E-state index contributed by atoms with van der Waals surface area (Å²) in [7, 11) is 2.44. The van der Waals surface area contributed by atoms with Gasteiger partial charge in [0.1, 0.15) is 17.0 Å². The van der Waals surface area contributed by atoms with Crippen LogP contribution < -0.4 is 19.7 Å². The lowest BCUT2D eigenvalue weighted by Gasteiger charge is -2.51. The Morgan fingerprint density at radius 3 is 2.41 bits per heavy atom. The number of carbonyl (C=O) groups is 4. The van der Waals surface area contributed by atoms with E-state index < -0.39 is 41.0 Å². The zero-order chi connectivity index (χ0) is 48.6. The van der Waals surface area contributed by atoms with Crippen molar-refractivity contribution in [2.45, 2.75) is 126 Å². The largest absolute Gasteiger partial charge is 0.494 e. The van der Waals surface area contributed by atoms with Crippen LogP contribution in [-0.2, 0) is 53.3 Å². The van der Waals surface area contributed by atoms with Crippen LogP contribution >= 0.6 is 11.6 Å². The zero-order valence-corrected chi connectivity index (χ0v) is 39.9. The molecule has 1 N–H and O–H groups in total. The number of fused-ring (bicyclic) bond motifs is 3. The average Bonchev–Trinajstić information content (AvgIpc) is 3.60. The Morgan fingerprint density at radius 2 is 1.71 bits per heavy atom. The van der Waals surface area contributed by atoms with Crippen molar-refractivity contribution in [3.8, 4) is 11.5 Å². The highest BCUT2D eigenvalue weighted by molar-refractivity contribution is 6.31. The van der Waals surface area contributed by atoms with Crippen LogP contribution in [0.1, 0.15) is 112 Å². The summed E-state index contributed by atoms with van der Waals surface area (Å²) in [5.41, 5.74) is 2.54. The molecule has 4 atom stereocenters. The van der Waals surface area contributed by atoms with Crippen LogP contribution in [0.5, 0.6) is 11.5 Å². The number of hydrogen-bond donors (Lipinski definition) is 1. The summed E-state index contributed by atoms with van der Waals surface area (Å²) in [6.45, 7) is 5.00. The normalized spacial score (nSPS) is 21.7. The molecule has 4 aromatic rings. The second-order valence-corrected chi connectivity index (χ2v) is 19.3. The Kier molecular flexibility index (Phi) is 16.1. The third-order valence-corrected chi connectivity index (χ3v) is 14.5. The molecule has 15 heteroatoms. The van der Waals surface area contributed by atoms with Gasteiger partial charge in [0.15, 0.2) is 0 Å². The first kappa shape index (κ1) is 50.3. The number of alkyl halides is 3. The van der Waals surface area contributed by atoms with Gasteiger partial charge in [-0.05, 0) is 147 Å². The van der Waals surface area contributed by atoms with Crippen molar-refractivity contribution in [2.75, 3.05) is 32.3 Å². The maximum Gasteiger partial charge on any atom is 0.471 e. The summed E-state index contributed by atoms with van der Waals surface area (Å²) >= 11 is 6.28. The van der Waals surface area contributed by atoms with Gasteiger partial charge in [-0.25, -0.2) is 4.79 Å². The van der Waals surface area contributed by atoms with Gasteiger partial charge in [-0.1, -0.05) is 67.9 Å². The maximum atomic E-state index is 14.6. The summed E-state index contributed by atoms with van der Waals surface area (Å²) < 4.78 is 66.6. The van der Waals surface area contributed by atoms with E-state index in [1.165, 1.54) is 36.9 Å². The van der Waals surface area contributed by atoms with E-state index in [9.17, 15) is 32.3 Å². The molecule has 11 nitrogen and oxygen atoms in total. The molecule has 2 amide bonds. The highest BCUT2D eigenvalue weighted by Crippen LogP contribution is 2.58. The Labute approximate surface area is 401 Å². The Morgan fingerprint density at radius 1 is 0.941 bits per heavy atom. The molecule has 3 aliphatic rings. The fourth-order valence-corrected chi connectivity index (χ4v) is 11.2. The molecule has 1 fully saturated rings. The lowest BCUT2D eigenvalue weighted by atomic mass is 9.59. The number of anilines is 1. The zero-order valence-electron chi connectivity index (χ0n) is 39.2. The number of nitrogens with zero attached hydrogens (tertiary/aromatic N) is 2. The second-order valence-electron chi connectivity index (χ2n) is 18.8. The standard InChI is InChI=1S/C53H61ClF3N3O8/c1-34(33-68-45-20-25-58-44-16-8-11-35(2)48(44)45)27-38-29-37-18-19-42(67-26-10-17-46(61)59-40(31-47(62)65-3)28-36-12-6-5-7-13-36)32-43(37)51(38)21-23-52(24-22-51,50(64)66-4)60(49(63)53(55,56)57)41-15-9-14-39(54)30-41/h5-7,9,12-15,18-20,25,30,32,34-35,38,40H,8,10-11,16-17,21-24,26-29,31,33H2,1-4H3,(H,59,61)/t34-,35-,38+,40?,51?,52?/m1/s1. The maximum absolute atomic E-state index is 14.6. The highest BCUT2D eigenvalue weighted by atomic mass is 35.5. The number of amides is 2. The first-order valence-electron chi connectivity index (χ1n) is 23.6. The SMILES string of the molecule is COC(=O)CC(Cc1ccccc1)NC(=O)CCCOc1ccc2c(c1)C1(CCC(C(=O)OC)(N(C(=O)C(F)(F)F)c3cccc(Cl)c3)CC1)[C@@H](C[C@@H](C)COc1ccnc3c1[C@H](C)CCC3)C2. The molecule has 364 valence electrons. The Hall–Kier alpha value is -5.63. The van der Waals surface area contributed by atoms with Crippen molar-refractivity contribution in [2.24, 2.45) is 11.8 Å². The molecule has 0 bridgehead atoms. The van der Waals surface area contributed by atoms with Gasteiger partial charge in [-0.15, -0.1) is 0 Å². The van der Waals surface area contributed by atoms with E-state index in [4.69, 9.17) is 30.5 Å². The van der Waals surface area contributed by atoms with Crippen LogP contribution in [0.4, 0.5) is 18.9 Å². The summed E-state index contributed by atoms with van der Waals surface area (Å²) in [5.74, 6) is -1.93. The van der Waals surface area contributed by atoms with Crippen LogP contribution in [0.3, 0.4) is 0 Å². The molecular formula is C53H61ClF3N3O8. The predicted molar refractivity (Wildman–Crippen MR) is 252 cm³/mol. The van der Waals surface area contributed by atoms with E-state index in [1.54, 1.807) is 6.20 Å². The number of methoxy groups -OCH3 is 2. The van der Waals surface area contributed by atoms with Crippen molar-refractivity contribution in [3.63, 3.8) is 0 Å². The minimum atomic E-state index is -5.30. The van der Waals surface area contributed by atoms with E-state index in [0.29, 0.717) is 42.4 Å². The van der Waals surface area contributed by atoms with Gasteiger partial charge in [-0.3, -0.25) is 24.3 Å². The molecule has 3 aromatic carbocycles. The molecule has 0 aliphatic heterocycles. The summed E-state index contributed by atoms with van der Waals surface area (Å²) in [6.07, 6.45) is 2.31. The lowest BCUT2D eigenvalue weighted by molar-refractivity contribution is -0.174. The molecule has 7 rings (SSSR count). The number of aromatic nitrogens is 1. The van der Waals surface area contributed by atoms with Gasteiger partial charge in [0, 0.05) is 40.6 Å². The number of rotatable bonds is 18. The van der Waals surface area contributed by atoms with Crippen molar-refractivity contribution < 1.29 is 51.3 Å². The van der Waals surface area contributed by atoms with E-state index in [1.807, 2.05) is 54.6 Å². The molecule has 1 heterocycles. The number of aryl methyl sites for hydroxylation is 1. The highest BCUT2D eigenvalue weighted by Gasteiger charge is 2.60. The van der Waals surface area contributed by atoms with Gasteiger partial charge in [0.05, 0.1) is 33.9 Å². The van der Waals surface area contributed by atoms with Gasteiger partial charge in [-0.2, -0.15) is 13.2 Å². The number of carbonyl (C=O) groups excluding carboxylic acids is 4. The number of hydrogen-bond acceptors (Lipinski definition) is 9. The van der Waals surface area contributed by atoms with Crippen LogP contribution in [0, 0.1) is 11.8 Å². The van der Waals surface area contributed by atoms with Gasteiger partial charge < -0.3 is 24.3 Å². The first-order chi connectivity index (χ1) is 32.6. The molecule has 0 saturated heterocycles. The smallest absolute Gasteiger partial charge is 0.471 e. The van der Waals surface area contributed by atoms with E-state index in [0.717, 1.165) is 60.9 Å².